The third-order valence-electron chi connectivity index (χ3n) is 5.87. The molecule has 4 atom stereocenters. The number of nitrogens with zero attached hydrogens (tertiary/aromatic N) is 3. The Kier molecular flexibility index (Phi) is 5.27. The monoisotopic (exact) mass is 380 g/mol. The van der Waals surface area contributed by atoms with Crippen molar-refractivity contribution in [3.05, 3.63) is 47.0 Å². The highest BCUT2D eigenvalue weighted by Crippen LogP contribution is 2.53. The predicted octanol–water partition coefficient (Wildman–Crippen LogP) is 2.11. The van der Waals surface area contributed by atoms with E-state index in [0.717, 1.165) is 30.0 Å². The van der Waals surface area contributed by atoms with Crippen molar-refractivity contribution in [2.75, 3.05) is 19.6 Å². The van der Waals surface area contributed by atoms with Crippen LogP contribution >= 0.6 is 0 Å². The Labute approximate surface area is 162 Å². The molecule has 1 aromatic carbocycles. The number of benzene rings is 1. The molecule has 0 bridgehead atoms. The highest BCUT2D eigenvalue weighted by molar-refractivity contribution is 6.00. The first-order chi connectivity index (χ1) is 13.4. The molecule has 1 heterocycles. The van der Waals surface area contributed by atoms with Crippen LogP contribution in [0.5, 0.6) is 0 Å². The van der Waals surface area contributed by atoms with Crippen LogP contribution in [0, 0.1) is 68.3 Å². The molecule has 5 nitrogen and oxygen atoms in total. The van der Waals surface area contributed by atoms with Crippen LogP contribution in [0.4, 0.5) is 8.78 Å². The summed E-state index contributed by atoms with van der Waals surface area (Å²) in [5.41, 5.74) is -2.24. The average molecular weight is 380 g/mol. The van der Waals surface area contributed by atoms with Crippen molar-refractivity contribution >= 4 is 5.71 Å². The van der Waals surface area contributed by atoms with Gasteiger partial charge in [0.2, 0.25) is 0 Å². The molecule has 1 aromatic rings. The van der Waals surface area contributed by atoms with E-state index in [1.54, 1.807) is 0 Å². The van der Waals surface area contributed by atoms with E-state index in [1.807, 2.05) is 31.2 Å². The number of nitriles is 3. The van der Waals surface area contributed by atoms with E-state index >= 15 is 0 Å². The highest BCUT2D eigenvalue weighted by atomic mass is 19.1. The second kappa shape index (κ2) is 7.50. The topological polar surface area (TPSA) is 99.7 Å². The quantitative estimate of drug-likeness (QED) is 0.786. The van der Waals surface area contributed by atoms with Crippen molar-refractivity contribution < 1.29 is 13.7 Å². The van der Waals surface area contributed by atoms with Gasteiger partial charge in [-0.3, -0.25) is 0 Å². The number of quaternary nitrogens is 1. The SMILES string of the molecule is CCC[NH+]1CC=C2C(C#N)C(=N)C(C#N)(C#N)[C@@H](c3c(F)cccc3F)[C@H]2C1. The Balaban J connectivity index is 2.29. The number of halogens is 2. The van der Waals surface area contributed by atoms with Crippen molar-refractivity contribution in [2.24, 2.45) is 17.3 Å². The molecule has 0 saturated heterocycles. The van der Waals surface area contributed by atoms with Crippen molar-refractivity contribution in [1.82, 2.24) is 0 Å². The van der Waals surface area contributed by atoms with Gasteiger partial charge < -0.3 is 10.3 Å². The lowest BCUT2D eigenvalue weighted by atomic mass is 9.54. The molecule has 2 unspecified atom stereocenters. The number of nitrogens with one attached hydrogen (secondary N) is 2. The van der Waals surface area contributed by atoms with Crippen molar-refractivity contribution in [3.63, 3.8) is 0 Å². The molecule has 0 spiro atoms. The van der Waals surface area contributed by atoms with Gasteiger partial charge in [0, 0.05) is 17.4 Å². The molecule has 1 aliphatic heterocycles. The number of fused-ring (bicyclic) bond motifs is 1. The minimum absolute atomic E-state index is 0.347. The average Bonchev–Trinajstić information content (AvgIpc) is 2.69. The highest BCUT2D eigenvalue weighted by Gasteiger charge is 2.59. The van der Waals surface area contributed by atoms with E-state index < -0.39 is 40.5 Å². The maximum atomic E-state index is 14.7. The van der Waals surface area contributed by atoms with Gasteiger partial charge in [0.05, 0.1) is 43.6 Å². The minimum atomic E-state index is -2.10. The summed E-state index contributed by atoms with van der Waals surface area (Å²) in [5, 5.41) is 37.9. The first kappa shape index (κ1) is 19.7. The lowest BCUT2D eigenvalue weighted by Gasteiger charge is -2.46. The molecule has 0 aromatic heterocycles. The predicted molar refractivity (Wildman–Crippen MR) is 97.0 cm³/mol. The first-order valence-corrected chi connectivity index (χ1v) is 9.23. The Bertz CT molecular complexity index is 928. The van der Waals surface area contributed by atoms with Gasteiger partial charge in [-0.25, -0.2) is 8.78 Å². The Hall–Kier alpha value is -3.08. The van der Waals surface area contributed by atoms with Crippen molar-refractivity contribution in [2.45, 2.75) is 19.3 Å². The van der Waals surface area contributed by atoms with Crippen LogP contribution in [-0.2, 0) is 0 Å². The van der Waals surface area contributed by atoms with Crippen LogP contribution in [0.15, 0.2) is 29.8 Å². The summed E-state index contributed by atoms with van der Waals surface area (Å²) in [7, 11) is 0. The van der Waals surface area contributed by atoms with Crippen LogP contribution in [0.3, 0.4) is 0 Å². The standard InChI is InChI=1S/C21H19F2N5/c1-2-7-28-8-6-13-14(9-24)20(27)21(11-25,12-26)19(15(13)10-28)18-16(22)4-3-5-17(18)23/h3-6,14-15,19,27H,2,7-8,10H2,1H3/p+1/t14?,15-,19+/m0/s1. The summed E-state index contributed by atoms with van der Waals surface area (Å²) >= 11 is 0. The minimum Gasteiger partial charge on any atom is -0.331 e. The second-order valence-electron chi connectivity index (χ2n) is 7.34. The molecular weight excluding hydrogens is 360 g/mol. The summed E-state index contributed by atoms with van der Waals surface area (Å²) in [6.07, 6.45) is 2.76. The maximum Gasteiger partial charge on any atom is 0.190 e. The number of rotatable bonds is 3. The van der Waals surface area contributed by atoms with Gasteiger partial charge in [-0.15, -0.1) is 0 Å². The molecule has 1 saturated carbocycles. The van der Waals surface area contributed by atoms with Crippen LogP contribution < -0.4 is 4.90 Å². The summed E-state index contributed by atoms with van der Waals surface area (Å²) < 4.78 is 29.5. The fraction of sp³-hybridized carbons (Fsp3) is 0.429. The van der Waals surface area contributed by atoms with Gasteiger partial charge >= 0.3 is 0 Å². The molecule has 28 heavy (non-hydrogen) atoms. The Morgan fingerprint density at radius 1 is 1.21 bits per heavy atom. The summed E-state index contributed by atoms with van der Waals surface area (Å²) in [5.74, 6) is -4.47. The van der Waals surface area contributed by atoms with E-state index in [-0.39, 0.29) is 5.56 Å². The van der Waals surface area contributed by atoms with Crippen LogP contribution in [0.2, 0.25) is 0 Å². The Morgan fingerprint density at radius 3 is 2.39 bits per heavy atom. The van der Waals surface area contributed by atoms with Gasteiger partial charge in [-0.1, -0.05) is 13.0 Å². The van der Waals surface area contributed by atoms with E-state index in [0.29, 0.717) is 18.7 Å². The summed E-state index contributed by atoms with van der Waals surface area (Å²) in [6, 6.07) is 9.17. The van der Waals surface area contributed by atoms with Crippen molar-refractivity contribution in [1.29, 1.82) is 21.2 Å². The zero-order valence-corrected chi connectivity index (χ0v) is 15.5. The number of hydrogen-bond acceptors (Lipinski definition) is 4. The molecule has 1 fully saturated rings. The van der Waals surface area contributed by atoms with E-state index in [1.165, 1.54) is 6.07 Å². The Morgan fingerprint density at radius 2 is 1.86 bits per heavy atom. The van der Waals surface area contributed by atoms with E-state index in [9.17, 15) is 24.6 Å². The van der Waals surface area contributed by atoms with Crippen LogP contribution in [-0.4, -0.2) is 25.3 Å². The lowest BCUT2D eigenvalue weighted by molar-refractivity contribution is -0.899. The zero-order chi connectivity index (χ0) is 20.5. The summed E-state index contributed by atoms with van der Waals surface area (Å²) in [4.78, 5) is 1.16. The van der Waals surface area contributed by atoms with E-state index in [4.69, 9.17) is 5.41 Å². The molecule has 2 N–H and O–H groups in total. The molecule has 142 valence electrons. The second-order valence-corrected chi connectivity index (χ2v) is 7.34. The molecule has 7 heteroatoms. The molecule has 2 aliphatic rings. The fourth-order valence-corrected chi connectivity index (χ4v) is 4.64. The van der Waals surface area contributed by atoms with Gasteiger partial charge in [-0.05, 0) is 30.2 Å². The summed E-state index contributed by atoms with van der Waals surface area (Å²) in [6.45, 7) is 3.95. The maximum absolute atomic E-state index is 14.7. The first-order valence-electron chi connectivity index (χ1n) is 9.23. The third kappa shape index (κ3) is 2.78. The zero-order valence-electron chi connectivity index (χ0n) is 15.5. The molecule has 0 amide bonds. The largest absolute Gasteiger partial charge is 0.331 e. The van der Waals surface area contributed by atoms with Crippen molar-refractivity contribution in [3.8, 4) is 18.2 Å². The van der Waals surface area contributed by atoms with E-state index in [2.05, 4.69) is 0 Å². The van der Waals surface area contributed by atoms with Crippen LogP contribution in [0.1, 0.15) is 24.8 Å². The van der Waals surface area contributed by atoms with Crippen LogP contribution in [0.25, 0.3) is 0 Å². The normalized spacial score (nSPS) is 28.3. The van der Waals surface area contributed by atoms with Gasteiger partial charge in [0.15, 0.2) is 5.41 Å². The van der Waals surface area contributed by atoms with Gasteiger partial charge in [0.1, 0.15) is 17.6 Å². The fourth-order valence-electron chi connectivity index (χ4n) is 4.64. The lowest BCUT2D eigenvalue weighted by Crippen LogP contribution is -3.13. The van der Waals surface area contributed by atoms with Gasteiger partial charge in [0.25, 0.3) is 0 Å². The molecule has 0 radical (unpaired) electrons. The number of hydrogen-bond donors (Lipinski definition) is 2. The molecule has 1 aliphatic carbocycles. The third-order valence-corrected chi connectivity index (χ3v) is 5.87. The van der Waals surface area contributed by atoms with Gasteiger partial charge in [-0.2, -0.15) is 15.8 Å². The molecular formula is C21H20F2N5+. The molecule has 3 rings (SSSR count). The smallest absolute Gasteiger partial charge is 0.190 e.